The van der Waals surface area contributed by atoms with Crippen LogP contribution in [0, 0.1) is 0 Å². The molecule has 1 atom stereocenters. The first-order chi connectivity index (χ1) is 10.2. The van der Waals surface area contributed by atoms with Gasteiger partial charge in [0, 0.05) is 6.04 Å². The Morgan fingerprint density at radius 1 is 1.14 bits per heavy atom. The molecule has 2 aliphatic rings. The zero-order chi connectivity index (χ0) is 14.8. The average Bonchev–Trinajstić information content (AvgIpc) is 3.09. The highest BCUT2D eigenvalue weighted by Gasteiger charge is 2.40. The summed E-state index contributed by atoms with van der Waals surface area (Å²) in [5.74, 6) is -0.198. The first kappa shape index (κ1) is 14.3. The third-order valence-electron chi connectivity index (χ3n) is 4.54. The molecule has 1 aliphatic heterocycles. The molecule has 0 bridgehead atoms. The van der Waals surface area contributed by atoms with Crippen LogP contribution in [0.4, 0.5) is 5.69 Å². The van der Waals surface area contributed by atoms with Crippen LogP contribution in [0.3, 0.4) is 0 Å². The Morgan fingerprint density at radius 2 is 1.81 bits per heavy atom. The Hall–Kier alpha value is -1.68. The van der Waals surface area contributed by atoms with E-state index in [1.165, 1.54) is 23.3 Å². The number of hydrogen-bond acceptors (Lipinski definition) is 3. The average molecular weight is 286 g/mol. The molecule has 2 amide bonds. The van der Waals surface area contributed by atoms with Gasteiger partial charge in [-0.1, -0.05) is 31.9 Å². The fourth-order valence-corrected chi connectivity index (χ4v) is 3.29. The van der Waals surface area contributed by atoms with Crippen molar-refractivity contribution in [3.05, 3.63) is 29.8 Å². The summed E-state index contributed by atoms with van der Waals surface area (Å²) in [6.45, 7) is 2.09. The quantitative estimate of drug-likeness (QED) is 0.865. The molecule has 1 saturated heterocycles. The lowest BCUT2D eigenvalue weighted by Gasteiger charge is -2.18. The zero-order valence-electron chi connectivity index (χ0n) is 12.5. The third-order valence-corrected chi connectivity index (χ3v) is 4.54. The number of imide groups is 1. The summed E-state index contributed by atoms with van der Waals surface area (Å²) >= 11 is 0. The highest BCUT2D eigenvalue weighted by Crippen LogP contribution is 2.25. The first-order valence-corrected chi connectivity index (χ1v) is 7.91. The van der Waals surface area contributed by atoms with Crippen LogP contribution in [-0.4, -0.2) is 23.9 Å². The van der Waals surface area contributed by atoms with Crippen LogP contribution in [0.5, 0.6) is 0 Å². The normalized spacial score (nSPS) is 23.3. The standard InChI is InChI=1S/C17H22N2O2/c1-2-12-7-9-14(10-8-12)19-16(20)11-15(17(19)21)18-13-5-3-4-6-13/h7-10,13,15,18H,2-6,11H2,1H3/t15-/m0/s1. The van der Waals surface area contributed by atoms with Crippen molar-refractivity contribution < 1.29 is 9.59 Å². The monoisotopic (exact) mass is 286 g/mol. The van der Waals surface area contributed by atoms with Crippen molar-refractivity contribution in [2.24, 2.45) is 0 Å². The Morgan fingerprint density at radius 3 is 2.43 bits per heavy atom. The van der Waals surface area contributed by atoms with Crippen molar-refractivity contribution in [1.82, 2.24) is 5.32 Å². The Balaban J connectivity index is 1.73. The van der Waals surface area contributed by atoms with E-state index in [0.29, 0.717) is 11.7 Å². The van der Waals surface area contributed by atoms with Crippen molar-refractivity contribution in [2.45, 2.75) is 57.5 Å². The number of carbonyl (C=O) groups excluding carboxylic acids is 2. The number of rotatable bonds is 4. The minimum Gasteiger partial charge on any atom is -0.303 e. The summed E-state index contributed by atoms with van der Waals surface area (Å²) in [6.07, 6.45) is 5.90. The highest BCUT2D eigenvalue weighted by molar-refractivity contribution is 6.22. The number of benzene rings is 1. The van der Waals surface area contributed by atoms with E-state index in [9.17, 15) is 9.59 Å². The van der Waals surface area contributed by atoms with E-state index in [1.54, 1.807) is 0 Å². The second-order valence-electron chi connectivity index (χ2n) is 5.99. The smallest absolute Gasteiger partial charge is 0.251 e. The van der Waals surface area contributed by atoms with Gasteiger partial charge in [0.15, 0.2) is 0 Å². The molecule has 1 aromatic rings. The van der Waals surface area contributed by atoms with Crippen LogP contribution >= 0.6 is 0 Å². The topological polar surface area (TPSA) is 49.4 Å². The summed E-state index contributed by atoms with van der Waals surface area (Å²) in [5.41, 5.74) is 1.90. The number of nitrogens with zero attached hydrogens (tertiary/aromatic N) is 1. The number of hydrogen-bond donors (Lipinski definition) is 1. The summed E-state index contributed by atoms with van der Waals surface area (Å²) in [5, 5.41) is 3.37. The molecule has 2 fully saturated rings. The van der Waals surface area contributed by atoms with Gasteiger partial charge in [-0.2, -0.15) is 0 Å². The maximum Gasteiger partial charge on any atom is 0.251 e. The molecule has 21 heavy (non-hydrogen) atoms. The summed E-state index contributed by atoms with van der Waals surface area (Å²) in [4.78, 5) is 26.0. The predicted molar refractivity (Wildman–Crippen MR) is 82.1 cm³/mol. The van der Waals surface area contributed by atoms with Gasteiger partial charge < -0.3 is 5.32 Å². The lowest BCUT2D eigenvalue weighted by molar-refractivity contribution is -0.121. The van der Waals surface area contributed by atoms with E-state index in [1.807, 2.05) is 24.3 Å². The second kappa shape index (κ2) is 5.98. The third kappa shape index (κ3) is 2.86. The fourth-order valence-electron chi connectivity index (χ4n) is 3.29. The minimum atomic E-state index is -0.341. The number of carbonyl (C=O) groups is 2. The van der Waals surface area contributed by atoms with Gasteiger partial charge in [0.05, 0.1) is 18.2 Å². The van der Waals surface area contributed by atoms with Crippen LogP contribution < -0.4 is 10.2 Å². The van der Waals surface area contributed by atoms with Crippen LogP contribution in [-0.2, 0) is 16.0 Å². The molecule has 1 saturated carbocycles. The maximum atomic E-state index is 12.5. The Bertz CT molecular complexity index is 532. The molecule has 0 radical (unpaired) electrons. The van der Waals surface area contributed by atoms with Crippen LogP contribution in [0.25, 0.3) is 0 Å². The van der Waals surface area contributed by atoms with Gasteiger partial charge in [0.2, 0.25) is 5.91 Å². The fraction of sp³-hybridized carbons (Fsp3) is 0.529. The Kier molecular flexibility index (Phi) is 4.06. The summed E-state index contributed by atoms with van der Waals surface area (Å²) in [7, 11) is 0. The molecule has 1 aromatic carbocycles. The maximum absolute atomic E-state index is 12.5. The van der Waals surface area contributed by atoms with E-state index in [4.69, 9.17) is 0 Å². The van der Waals surface area contributed by atoms with Crippen LogP contribution in [0.2, 0.25) is 0 Å². The van der Waals surface area contributed by atoms with Crippen molar-refractivity contribution in [1.29, 1.82) is 0 Å². The molecule has 112 valence electrons. The van der Waals surface area contributed by atoms with Gasteiger partial charge in [-0.3, -0.25) is 9.59 Å². The molecular weight excluding hydrogens is 264 g/mol. The molecule has 1 N–H and O–H groups in total. The molecule has 1 aliphatic carbocycles. The van der Waals surface area contributed by atoms with E-state index in [2.05, 4.69) is 12.2 Å². The van der Waals surface area contributed by atoms with Gasteiger partial charge in [-0.15, -0.1) is 0 Å². The van der Waals surface area contributed by atoms with Gasteiger partial charge >= 0.3 is 0 Å². The number of aryl methyl sites for hydroxylation is 1. The number of amides is 2. The molecule has 4 heteroatoms. The predicted octanol–water partition coefficient (Wildman–Crippen LogP) is 2.41. The second-order valence-corrected chi connectivity index (χ2v) is 5.99. The SMILES string of the molecule is CCc1ccc(N2C(=O)C[C@H](NC3CCCC3)C2=O)cc1. The summed E-state index contributed by atoms with van der Waals surface area (Å²) < 4.78 is 0. The van der Waals surface area contributed by atoms with Gasteiger partial charge in [0.1, 0.15) is 0 Å². The van der Waals surface area contributed by atoms with Gasteiger partial charge in [0.25, 0.3) is 5.91 Å². The highest BCUT2D eigenvalue weighted by atomic mass is 16.2. The summed E-state index contributed by atoms with van der Waals surface area (Å²) in [6, 6.07) is 7.75. The first-order valence-electron chi connectivity index (χ1n) is 7.91. The van der Waals surface area contributed by atoms with Crippen LogP contribution in [0.15, 0.2) is 24.3 Å². The molecule has 3 rings (SSSR count). The van der Waals surface area contributed by atoms with Gasteiger partial charge in [-0.25, -0.2) is 4.90 Å². The van der Waals surface area contributed by atoms with E-state index in [0.717, 1.165) is 19.3 Å². The molecule has 4 nitrogen and oxygen atoms in total. The van der Waals surface area contributed by atoms with E-state index < -0.39 is 0 Å². The van der Waals surface area contributed by atoms with Crippen molar-refractivity contribution in [3.8, 4) is 0 Å². The molecule has 0 unspecified atom stereocenters. The molecule has 1 heterocycles. The van der Waals surface area contributed by atoms with E-state index in [-0.39, 0.29) is 24.3 Å². The minimum absolute atomic E-state index is 0.0975. The molecular formula is C17H22N2O2. The largest absolute Gasteiger partial charge is 0.303 e. The lowest BCUT2D eigenvalue weighted by Crippen LogP contribution is -2.42. The van der Waals surface area contributed by atoms with Crippen molar-refractivity contribution in [2.75, 3.05) is 4.90 Å². The molecule has 0 spiro atoms. The number of anilines is 1. The molecule has 0 aromatic heterocycles. The van der Waals surface area contributed by atoms with E-state index >= 15 is 0 Å². The van der Waals surface area contributed by atoms with Gasteiger partial charge in [-0.05, 0) is 37.0 Å². The van der Waals surface area contributed by atoms with Crippen molar-refractivity contribution >= 4 is 17.5 Å². The van der Waals surface area contributed by atoms with Crippen molar-refractivity contribution in [3.63, 3.8) is 0 Å². The lowest BCUT2D eigenvalue weighted by atomic mass is 10.1. The zero-order valence-corrected chi connectivity index (χ0v) is 12.5. The Labute approximate surface area is 125 Å². The number of nitrogens with one attached hydrogen (secondary N) is 1. The van der Waals surface area contributed by atoms with Crippen LogP contribution in [0.1, 0.15) is 44.6 Å².